The van der Waals surface area contributed by atoms with Gasteiger partial charge in [-0.15, -0.1) is 21.5 Å². The number of hydrogen-bond acceptors (Lipinski definition) is 8. The average molecular weight is 461 g/mol. The first-order valence-electron chi connectivity index (χ1n) is 9.80. The molecule has 0 atom stereocenters. The van der Waals surface area contributed by atoms with Gasteiger partial charge in [0.2, 0.25) is 5.91 Å². The maximum atomic E-state index is 12.5. The molecule has 10 heteroatoms. The molecule has 0 saturated heterocycles. The van der Waals surface area contributed by atoms with Gasteiger partial charge in [0.05, 0.1) is 17.9 Å². The van der Waals surface area contributed by atoms with Crippen LogP contribution in [-0.4, -0.2) is 39.0 Å². The highest BCUT2D eigenvalue weighted by molar-refractivity contribution is 7.99. The lowest BCUT2D eigenvalue weighted by Gasteiger charge is -2.07. The molecule has 0 unspecified atom stereocenters. The summed E-state index contributed by atoms with van der Waals surface area (Å²) in [5.41, 5.74) is 0.390. The molecule has 0 bridgehead atoms. The molecule has 0 aliphatic carbocycles. The number of nitrogens with one attached hydrogen (secondary N) is 1. The second-order valence-electron chi connectivity index (χ2n) is 6.43. The fourth-order valence-corrected chi connectivity index (χ4v) is 4.35. The Morgan fingerprint density at radius 3 is 2.68 bits per heavy atom. The normalized spacial score (nSPS) is 10.7. The molecule has 0 spiro atoms. The van der Waals surface area contributed by atoms with Crippen molar-refractivity contribution in [3.05, 3.63) is 52.7 Å². The minimum absolute atomic E-state index is 0.132. The van der Waals surface area contributed by atoms with Crippen LogP contribution in [0.3, 0.4) is 0 Å². The van der Waals surface area contributed by atoms with Gasteiger partial charge in [-0.1, -0.05) is 36.9 Å². The first kappa shape index (κ1) is 22.8. The number of esters is 1. The number of nitrogens with zero attached hydrogens (tertiary/aromatic N) is 3. The summed E-state index contributed by atoms with van der Waals surface area (Å²) in [6, 6.07) is 11.2. The Morgan fingerprint density at radius 1 is 1.19 bits per heavy atom. The van der Waals surface area contributed by atoms with E-state index in [9.17, 15) is 9.59 Å². The first-order valence-corrected chi connectivity index (χ1v) is 11.6. The summed E-state index contributed by atoms with van der Waals surface area (Å²) in [5.74, 6) is 0.872. The molecule has 1 aromatic carbocycles. The summed E-state index contributed by atoms with van der Waals surface area (Å²) >= 11 is 2.65. The molecule has 164 valence electrons. The predicted molar refractivity (Wildman–Crippen MR) is 121 cm³/mol. The van der Waals surface area contributed by atoms with Gasteiger partial charge >= 0.3 is 5.97 Å². The van der Waals surface area contributed by atoms with Crippen LogP contribution >= 0.6 is 23.1 Å². The van der Waals surface area contributed by atoms with Gasteiger partial charge < -0.3 is 19.4 Å². The topological polar surface area (TPSA) is 95.3 Å². The van der Waals surface area contributed by atoms with E-state index in [1.165, 1.54) is 23.1 Å². The lowest BCUT2D eigenvalue weighted by Crippen LogP contribution is -2.16. The van der Waals surface area contributed by atoms with Gasteiger partial charge in [0.25, 0.3) is 0 Å². The number of anilines is 1. The van der Waals surface area contributed by atoms with Gasteiger partial charge in [-0.3, -0.25) is 4.79 Å². The Labute approximate surface area is 189 Å². The Hall–Kier alpha value is -2.85. The summed E-state index contributed by atoms with van der Waals surface area (Å²) in [7, 11) is 1.83. The molecular formula is C21H24N4O4S2. The largest absolute Gasteiger partial charge is 0.486 e. The Kier molecular flexibility index (Phi) is 8.07. The Morgan fingerprint density at radius 2 is 1.97 bits per heavy atom. The summed E-state index contributed by atoms with van der Waals surface area (Å²) in [6.45, 7) is 4.30. The van der Waals surface area contributed by atoms with Gasteiger partial charge in [0.15, 0.2) is 11.0 Å². The van der Waals surface area contributed by atoms with Gasteiger partial charge in [-0.25, -0.2) is 4.79 Å². The lowest BCUT2D eigenvalue weighted by molar-refractivity contribution is -0.113. The Balaban J connectivity index is 1.57. The van der Waals surface area contributed by atoms with E-state index in [2.05, 4.69) is 15.5 Å². The minimum Gasteiger partial charge on any atom is -0.486 e. The predicted octanol–water partition coefficient (Wildman–Crippen LogP) is 3.93. The molecule has 0 aliphatic rings. The number of rotatable bonds is 10. The maximum Gasteiger partial charge on any atom is 0.341 e. The van der Waals surface area contributed by atoms with Crippen LogP contribution in [0, 0.1) is 0 Å². The monoisotopic (exact) mass is 460 g/mol. The third-order valence-corrected chi connectivity index (χ3v) is 6.46. The highest BCUT2D eigenvalue weighted by Crippen LogP contribution is 2.29. The van der Waals surface area contributed by atoms with Gasteiger partial charge in [0.1, 0.15) is 17.4 Å². The number of hydrogen-bond donors (Lipinski definition) is 1. The smallest absolute Gasteiger partial charge is 0.341 e. The molecular weight excluding hydrogens is 436 g/mol. The molecule has 0 radical (unpaired) electrons. The molecule has 2 heterocycles. The zero-order chi connectivity index (χ0) is 22.2. The first-order chi connectivity index (χ1) is 15.0. The molecule has 31 heavy (non-hydrogen) atoms. The zero-order valence-corrected chi connectivity index (χ0v) is 19.2. The van der Waals surface area contributed by atoms with Crippen molar-refractivity contribution in [3.63, 3.8) is 0 Å². The van der Waals surface area contributed by atoms with Crippen LogP contribution in [0.2, 0.25) is 0 Å². The van der Waals surface area contributed by atoms with E-state index < -0.39 is 5.97 Å². The van der Waals surface area contributed by atoms with E-state index in [-0.39, 0.29) is 24.9 Å². The SMILES string of the molecule is CCOC(=O)c1cc(CC)sc1NC(=O)CSc1nnc(COc2ccccc2)n1C. The van der Waals surface area contributed by atoms with Crippen molar-refractivity contribution >= 4 is 40.0 Å². The number of ether oxygens (including phenoxy) is 2. The van der Waals surface area contributed by atoms with Crippen LogP contribution < -0.4 is 10.1 Å². The fraction of sp³-hybridized carbons (Fsp3) is 0.333. The summed E-state index contributed by atoms with van der Waals surface area (Å²) in [4.78, 5) is 25.6. The van der Waals surface area contributed by atoms with E-state index in [1.807, 2.05) is 44.3 Å². The van der Waals surface area contributed by atoms with Crippen LogP contribution in [0.1, 0.15) is 34.9 Å². The number of thiophene rings is 1. The molecule has 2 aromatic heterocycles. The van der Waals surface area contributed by atoms with E-state index in [0.717, 1.165) is 17.0 Å². The summed E-state index contributed by atoms with van der Waals surface area (Å²) in [5, 5.41) is 12.2. The second-order valence-corrected chi connectivity index (χ2v) is 8.51. The van der Waals surface area contributed by atoms with E-state index >= 15 is 0 Å². The van der Waals surface area contributed by atoms with Crippen molar-refractivity contribution in [2.45, 2.75) is 32.0 Å². The molecule has 0 aliphatic heterocycles. The van der Waals surface area contributed by atoms with Crippen LogP contribution in [0.5, 0.6) is 5.75 Å². The molecule has 1 amide bonds. The fourth-order valence-electron chi connectivity index (χ4n) is 2.62. The highest BCUT2D eigenvalue weighted by atomic mass is 32.2. The van der Waals surface area contributed by atoms with Crippen molar-refractivity contribution in [2.75, 3.05) is 17.7 Å². The van der Waals surface area contributed by atoms with Crippen molar-refractivity contribution in [2.24, 2.45) is 7.05 Å². The van der Waals surface area contributed by atoms with Crippen LogP contribution in [-0.2, 0) is 29.6 Å². The third kappa shape index (κ3) is 6.08. The summed E-state index contributed by atoms with van der Waals surface area (Å²) < 4.78 is 12.6. The molecule has 3 aromatic rings. The number of carbonyl (C=O) groups is 2. The van der Waals surface area contributed by atoms with E-state index in [4.69, 9.17) is 9.47 Å². The van der Waals surface area contributed by atoms with Crippen molar-refractivity contribution in [1.29, 1.82) is 0 Å². The van der Waals surface area contributed by atoms with E-state index in [0.29, 0.717) is 21.5 Å². The van der Waals surface area contributed by atoms with Gasteiger partial charge in [0, 0.05) is 11.9 Å². The minimum atomic E-state index is -0.433. The summed E-state index contributed by atoms with van der Waals surface area (Å²) in [6.07, 6.45) is 0.772. The molecule has 8 nitrogen and oxygen atoms in total. The second kappa shape index (κ2) is 11.0. The van der Waals surface area contributed by atoms with Crippen LogP contribution in [0.4, 0.5) is 5.00 Å². The van der Waals surface area contributed by atoms with Crippen LogP contribution in [0.15, 0.2) is 41.6 Å². The molecule has 1 N–H and O–H groups in total. The number of carbonyl (C=O) groups excluding carboxylic acids is 2. The molecule has 0 fully saturated rings. The van der Waals surface area contributed by atoms with Crippen molar-refractivity contribution in [1.82, 2.24) is 14.8 Å². The number of para-hydroxylation sites is 1. The molecule has 3 rings (SSSR count). The number of aryl methyl sites for hydroxylation is 1. The highest BCUT2D eigenvalue weighted by Gasteiger charge is 2.19. The number of aromatic nitrogens is 3. The Bertz CT molecular complexity index is 1030. The average Bonchev–Trinajstić information content (AvgIpc) is 3.34. The van der Waals surface area contributed by atoms with Crippen molar-refractivity contribution < 1.29 is 19.1 Å². The van der Waals surface area contributed by atoms with Gasteiger partial charge in [-0.05, 0) is 31.5 Å². The standard InChI is InChI=1S/C21H24N4O4S2/c1-4-15-11-16(20(27)28-5-2)19(31-15)22-18(26)13-30-21-24-23-17(25(21)3)12-29-14-9-7-6-8-10-14/h6-11H,4-5,12-13H2,1-3H3,(H,22,26). The van der Waals surface area contributed by atoms with Crippen LogP contribution in [0.25, 0.3) is 0 Å². The number of thioether (sulfide) groups is 1. The number of amides is 1. The van der Waals surface area contributed by atoms with Crippen molar-refractivity contribution in [3.8, 4) is 5.75 Å². The zero-order valence-electron chi connectivity index (χ0n) is 17.6. The quantitative estimate of drug-likeness (QED) is 0.362. The number of benzene rings is 1. The maximum absolute atomic E-state index is 12.5. The van der Waals surface area contributed by atoms with E-state index in [1.54, 1.807) is 17.6 Å². The third-order valence-electron chi connectivity index (χ3n) is 4.25. The van der Waals surface area contributed by atoms with Gasteiger partial charge in [-0.2, -0.15) is 0 Å². The lowest BCUT2D eigenvalue weighted by atomic mass is 10.2. The molecule has 0 saturated carbocycles.